The second-order valence-corrected chi connectivity index (χ2v) is 7.50. The van der Waals surface area contributed by atoms with Crippen molar-refractivity contribution in [2.24, 2.45) is 0 Å². The average Bonchev–Trinajstić information content (AvgIpc) is 2.87. The van der Waals surface area contributed by atoms with Crippen LogP contribution in [0.3, 0.4) is 0 Å². The number of nitrogen functional groups attached to an aromatic ring is 1. The van der Waals surface area contributed by atoms with Crippen LogP contribution in [0.25, 0.3) is 0 Å². The molecule has 2 aliphatic rings. The molecule has 0 unspecified atom stereocenters. The molecule has 0 saturated carbocycles. The summed E-state index contributed by atoms with van der Waals surface area (Å²) in [6.07, 6.45) is 6.30. The first-order valence-electron chi connectivity index (χ1n) is 8.04. The third-order valence-corrected chi connectivity index (χ3v) is 5.88. The van der Waals surface area contributed by atoms with Crippen LogP contribution in [0.15, 0.2) is 6.07 Å². The van der Waals surface area contributed by atoms with E-state index in [1.807, 2.05) is 17.9 Å². The molecule has 2 fully saturated rings. The molecule has 5 heteroatoms. The van der Waals surface area contributed by atoms with Crippen LogP contribution in [0.1, 0.15) is 46.7 Å². The standard InChI is InChI=1S/C16H25N3OS/c1-12-14(17)11-15(21-12)16(20)19-9-5-13(6-10-19)18-7-3-2-4-8-18/h11,13H,2-10,17H2,1H3. The van der Waals surface area contributed by atoms with Gasteiger partial charge in [-0.3, -0.25) is 4.79 Å². The van der Waals surface area contributed by atoms with Crippen molar-refractivity contribution < 1.29 is 4.79 Å². The van der Waals surface area contributed by atoms with Crippen LogP contribution in [-0.2, 0) is 0 Å². The van der Waals surface area contributed by atoms with Gasteiger partial charge in [-0.25, -0.2) is 0 Å². The summed E-state index contributed by atoms with van der Waals surface area (Å²) in [5.41, 5.74) is 6.60. The van der Waals surface area contributed by atoms with Gasteiger partial charge in [0.1, 0.15) is 0 Å². The number of anilines is 1. The van der Waals surface area contributed by atoms with Gasteiger partial charge in [0.25, 0.3) is 5.91 Å². The van der Waals surface area contributed by atoms with E-state index in [0.29, 0.717) is 6.04 Å². The van der Waals surface area contributed by atoms with Gasteiger partial charge in [0.15, 0.2) is 0 Å². The molecule has 3 rings (SSSR count). The molecule has 0 atom stereocenters. The fourth-order valence-electron chi connectivity index (χ4n) is 3.48. The van der Waals surface area contributed by atoms with Gasteiger partial charge in [-0.05, 0) is 51.8 Å². The van der Waals surface area contributed by atoms with E-state index >= 15 is 0 Å². The van der Waals surface area contributed by atoms with Crippen molar-refractivity contribution in [1.82, 2.24) is 9.80 Å². The fourth-order valence-corrected chi connectivity index (χ4v) is 4.38. The van der Waals surface area contributed by atoms with Gasteiger partial charge in [0, 0.05) is 29.7 Å². The first-order chi connectivity index (χ1) is 10.1. The molecule has 2 aliphatic heterocycles. The topological polar surface area (TPSA) is 49.6 Å². The molecular weight excluding hydrogens is 282 g/mol. The normalized spacial score (nSPS) is 21.7. The summed E-state index contributed by atoms with van der Waals surface area (Å²) >= 11 is 1.52. The Kier molecular flexibility index (Phi) is 4.50. The largest absolute Gasteiger partial charge is 0.398 e. The molecule has 4 nitrogen and oxygen atoms in total. The zero-order valence-corrected chi connectivity index (χ0v) is 13.6. The van der Waals surface area contributed by atoms with Crippen molar-refractivity contribution >= 4 is 22.9 Å². The van der Waals surface area contributed by atoms with E-state index in [0.717, 1.165) is 41.4 Å². The number of rotatable bonds is 2. The van der Waals surface area contributed by atoms with Crippen LogP contribution in [0, 0.1) is 6.92 Å². The molecule has 0 aliphatic carbocycles. The first-order valence-corrected chi connectivity index (χ1v) is 8.86. The summed E-state index contributed by atoms with van der Waals surface area (Å²) in [7, 11) is 0. The summed E-state index contributed by atoms with van der Waals surface area (Å²) in [6, 6.07) is 2.52. The number of piperidine rings is 2. The van der Waals surface area contributed by atoms with E-state index in [2.05, 4.69) is 4.90 Å². The van der Waals surface area contributed by atoms with Gasteiger partial charge in [-0.15, -0.1) is 11.3 Å². The zero-order chi connectivity index (χ0) is 14.8. The highest BCUT2D eigenvalue weighted by atomic mass is 32.1. The Bertz CT molecular complexity index is 480. The number of thiophene rings is 1. The number of nitrogens with two attached hydrogens (primary N) is 1. The van der Waals surface area contributed by atoms with Gasteiger partial charge in [0.05, 0.1) is 4.88 Å². The molecule has 0 bridgehead atoms. The van der Waals surface area contributed by atoms with Gasteiger partial charge >= 0.3 is 0 Å². The van der Waals surface area contributed by atoms with E-state index in [1.165, 1.54) is 43.7 Å². The molecule has 1 aromatic rings. The number of hydrogen-bond donors (Lipinski definition) is 1. The third-order valence-electron chi connectivity index (χ3n) is 4.83. The Balaban J connectivity index is 1.56. The summed E-state index contributed by atoms with van der Waals surface area (Å²) in [5.74, 6) is 0.164. The Morgan fingerprint density at radius 2 is 1.86 bits per heavy atom. The van der Waals surface area contributed by atoms with Crippen LogP contribution in [0.2, 0.25) is 0 Å². The minimum Gasteiger partial charge on any atom is -0.398 e. The molecule has 1 amide bonds. The van der Waals surface area contributed by atoms with Gasteiger partial charge < -0.3 is 15.5 Å². The Hall–Kier alpha value is -1.07. The minimum atomic E-state index is 0.164. The number of nitrogens with zero attached hydrogens (tertiary/aromatic N) is 2. The van der Waals surface area contributed by atoms with Crippen LogP contribution in [0.5, 0.6) is 0 Å². The molecular formula is C16H25N3OS. The van der Waals surface area contributed by atoms with Crippen molar-refractivity contribution in [2.75, 3.05) is 31.9 Å². The van der Waals surface area contributed by atoms with Crippen LogP contribution in [0.4, 0.5) is 5.69 Å². The highest BCUT2D eigenvalue weighted by Crippen LogP contribution is 2.27. The smallest absolute Gasteiger partial charge is 0.264 e. The molecule has 2 N–H and O–H groups in total. The van der Waals surface area contributed by atoms with E-state index in [-0.39, 0.29) is 5.91 Å². The molecule has 21 heavy (non-hydrogen) atoms. The van der Waals surface area contributed by atoms with E-state index in [1.54, 1.807) is 0 Å². The Morgan fingerprint density at radius 3 is 2.43 bits per heavy atom. The summed E-state index contributed by atoms with van der Waals surface area (Å²) < 4.78 is 0. The van der Waals surface area contributed by atoms with Crippen LogP contribution in [-0.4, -0.2) is 47.9 Å². The lowest BCUT2D eigenvalue weighted by molar-refractivity contribution is 0.0594. The second kappa shape index (κ2) is 6.36. The number of carbonyl (C=O) groups is 1. The fraction of sp³-hybridized carbons (Fsp3) is 0.688. The minimum absolute atomic E-state index is 0.164. The molecule has 3 heterocycles. The van der Waals surface area contributed by atoms with E-state index < -0.39 is 0 Å². The second-order valence-electron chi connectivity index (χ2n) is 6.24. The van der Waals surface area contributed by atoms with Gasteiger partial charge in [0.2, 0.25) is 0 Å². The lowest BCUT2D eigenvalue weighted by Crippen LogP contribution is -2.48. The van der Waals surface area contributed by atoms with Crippen LogP contribution >= 0.6 is 11.3 Å². The predicted molar refractivity (Wildman–Crippen MR) is 87.8 cm³/mol. The molecule has 0 spiro atoms. The number of likely N-dealkylation sites (tertiary alicyclic amines) is 2. The molecule has 0 radical (unpaired) electrons. The van der Waals surface area contributed by atoms with E-state index in [4.69, 9.17) is 5.73 Å². The van der Waals surface area contributed by atoms with Crippen molar-refractivity contribution in [3.63, 3.8) is 0 Å². The zero-order valence-electron chi connectivity index (χ0n) is 12.8. The number of aryl methyl sites for hydroxylation is 1. The number of carbonyl (C=O) groups excluding carboxylic acids is 1. The van der Waals surface area contributed by atoms with Crippen molar-refractivity contribution in [3.05, 3.63) is 15.8 Å². The quantitative estimate of drug-likeness (QED) is 0.914. The van der Waals surface area contributed by atoms with Crippen LogP contribution < -0.4 is 5.73 Å². The average molecular weight is 307 g/mol. The van der Waals surface area contributed by atoms with Gasteiger partial charge in [-0.1, -0.05) is 6.42 Å². The lowest BCUT2D eigenvalue weighted by Gasteiger charge is -2.40. The van der Waals surface area contributed by atoms with Crippen molar-refractivity contribution in [1.29, 1.82) is 0 Å². The van der Waals surface area contributed by atoms with Crippen molar-refractivity contribution in [3.8, 4) is 0 Å². The SMILES string of the molecule is Cc1sc(C(=O)N2CCC(N3CCCCC3)CC2)cc1N. The molecule has 1 aromatic heterocycles. The van der Waals surface area contributed by atoms with Crippen molar-refractivity contribution in [2.45, 2.75) is 45.1 Å². The lowest BCUT2D eigenvalue weighted by atomic mass is 10.00. The maximum Gasteiger partial charge on any atom is 0.264 e. The Labute approximate surface area is 130 Å². The maximum absolute atomic E-state index is 12.5. The monoisotopic (exact) mass is 307 g/mol. The Morgan fingerprint density at radius 1 is 1.19 bits per heavy atom. The summed E-state index contributed by atoms with van der Waals surface area (Å²) in [4.78, 5) is 19.0. The maximum atomic E-state index is 12.5. The third kappa shape index (κ3) is 3.24. The molecule has 116 valence electrons. The summed E-state index contributed by atoms with van der Waals surface area (Å²) in [6.45, 7) is 6.24. The van der Waals surface area contributed by atoms with E-state index in [9.17, 15) is 4.79 Å². The highest BCUT2D eigenvalue weighted by Gasteiger charge is 2.28. The molecule has 2 saturated heterocycles. The first kappa shape index (κ1) is 14.9. The van der Waals surface area contributed by atoms with Gasteiger partial charge in [-0.2, -0.15) is 0 Å². The highest BCUT2D eigenvalue weighted by molar-refractivity contribution is 7.14. The predicted octanol–water partition coefficient (Wildman–Crippen LogP) is 2.73. The number of amides is 1. The molecule has 0 aromatic carbocycles. The summed E-state index contributed by atoms with van der Waals surface area (Å²) in [5, 5.41) is 0. The number of hydrogen-bond acceptors (Lipinski definition) is 4.